The van der Waals surface area contributed by atoms with Gasteiger partial charge in [0.15, 0.2) is 5.89 Å². The number of aromatic nitrogens is 1. The van der Waals surface area contributed by atoms with Crippen LogP contribution in [0.4, 0.5) is 5.69 Å². The summed E-state index contributed by atoms with van der Waals surface area (Å²) in [6.07, 6.45) is 3.23. The molecule has 2 heterocycles. The van der Waals surface area contributed by atoms with Crippen molar-refractivity contribution in [3.63, 3.8) is 0 Å². The Morgan fingerprint density at radius 3 is 2.68 bits per heavy atom. The lowest BCUT2D eigenvalue weighted by Crippen LogP contribution is -2.32. The molecule has 0 aliphatic carbocycles. The predicted octanol–water partition coefficient (Wildman–Crippen LogP) is 3.36. The van der Waals surface area contributed by atoms with Crippen molar-refractivity contribution in [3.05, 3.63) is 66.2 Å². The number of sulfonamides is 1. The van der Waals surface area contributed by atoms with Crippen molar-refractivity contribution in [3.8, 4) is 11.3 Å². The van der Waals surface area contributed by atoms with Gasteiger partial charge in [-0.3, -0.25) is 4.79 Å². The zero-order valence-corrected chi connectivity index (χ0v) is 17.8. The number of nitrogens with zero attached hydrogens (tertiary/aromatic N) is 1. The van der Waals surface area contributed by atoms with Gasteiger partial charge in [-0.05, 0) is 43.2 Å². The highest BCUT2D eigenvalue weighted by atomic mass is 32.2. The Morgan fingerprint density at radius 1 is 1.19 bits per heavy atom. The normalized spacial score (nSPS) is 16.4. The number of nitrogens with one attached hydrogen (secondary N) is 2. The van der Waals surface area contributed by atoms with Crippen molar-refractivity contribution >= 4 is 21.6 Å². The van der Waals surface area contributed by atoms with Crippen LogP contribution in [0, 0.1) is 6.92 Å². The largest absolute Gasteiger partial charge is 0.449 e. The van der Waals surface area contributed by atoms with Crippen molar-refractivity contribution in [2.75, 3.05) is 18.5 Å². The third-order valence-electron chi connectivity index (χ3n) is 4.99. The minimum Gasteiger partial charge on any atom is -0.449 e. The smallest absolute Gasteiger partial charge is 0.255 e. The van der Waals surface area contributed by atoms with E-state index in [1.165, 1.54) is 12.1 Å². The molecule has 0 saturated carbocycles. The molecule has 4 rings (SSSR count). The molecule has 2 aromatic carbocycles. The summed E-state index contributed by atoms with van der Waals surface area (Å²) in [5.74, 6) is 0.175. The molecule has 0 radical (unpaired) electrons. The third-order valence-corrected chi connectivity index (χ3v) is 6.41. The molecule has 3 aromatic rings. The van der Waals surface area contributed by atoms with Crippen molar-refractivity contribution in [2.24, 2.45) is 0 Å². The molecule has 0 unspecified atom stereocenters. The summed E-state index contributed by atoms with van der Waals surface area (Å²) in [5, 5.41) is 2.78. The van der Waals surface area contributed by atoms with Gasteiger partial charge in [0.25, 0.3) is 5.91 Å². The van der Waals surface area contributed by atoms with Crippen LogP contribution in [0.15, 0.2) is 64.1 Å². The van der Waals surface area contributed by atoms with Crippen LogP contribution < -0.4 is 10.0 Å². The highest BCUT2D eigenvalue weighted by Gasteiger charge is 2.21. The number of ether oxygens (including phenoxy) is 1. The first kappa shape index (κ1) is 21.2. The molecular weight excluding hydrogens is 418 g/mol. The molecule has 1 aliphatic rings. The number of benzene rings is 2. The van der Waals surface area contributed by atoms with Crippen molar-refractivity contribution in [1.82, 2.24) is 9.71 Å². The molecule has 1 saturated heterocycles. The summed E-state index contributed by atoms with van der Waals surface area (Å²) in [6, 6.07) is 13.1. The summed E-state index contributed by atoms with van der Waals surface area (Å²) >= 11 is 0. The monoisotopic (exact) mass is 441 g/mol. The number of oxazole rings is 1. The number of amides is 1. The predicted molar refractivity (Wildman–Crippen MR) is 115 cm³/mol. The first-order chi connectivity index (χ1) is 14.9. The summed E-state index contributed by atoms with van der Waals surface area (Å²) in [5.41, 5.74) is 2.40. The van der Waals surface area contributed by atoms with Crippen molar-refractivity contribution in [1.29, 1.82) is 0 Å². The summed E-state index contributed by atoms with van der Waals surface area (Å²) in [4.78, 5) is 16.9. The van der Waals surface area contributed by atoms with Crippen LogP contribution in [-0.4, -0.2) is 38.6 Å². The zero-order chi connectivity index (χ0) is 21.8. The highest BCUT2D eigenvalue weighted by Crippen LogP contribution is 2.21. The number of hydrogen-bond donors (Lipinski definition) is 2. The molecule has 0 spiro atoms. The fourth-order valence-electron chi connectivity index (χ4n) is 3.32. The van der Waals surface area contributed by atoms with Gasteiger partial charge in [0, 0.05) is 36.9 Å². The zero-order valence-electron chi connectivity index (χ0n) is 17.0. The lowest BCUT2D eigenvalue weighted by molar-refractivity contribution is 0.102. The van der Waals surface area contributed by atoms with Crippen LogP contribution in [0.1, 0.15) is 29.1 Å². The summed E-state index contributed by atoms with van der Waals surface area (Å²) in [7, 11) is -3.74. The van der Waals surface area contributed by atoms with Crippen molar-refractivity contribution in [2.45, 2.75) is 30.8 Å². The maximum absolute atomic E-state index is 12.6. The van der Waals surface area contributed by atoms with Gasteiger partial charge in [0.2, 0.25) is 10.0 Å². The van der Waals surface area contributed by atoms with E-state index in [0.717, 1.165) is 18.4 Å². The Bertz CT molecular complexity index is 1170. The van der Waals surface area contributed by atoms with E-state index in [9.17, 15) is 13.2 Å². The van der Waals surface area contributed by atoms with Crippen LogP contribution in [0.25, 0.3) is 11.3 Å². The number of rotatable bonds is 7. The molecule has 8 nitrogen and oxygen atoms in total. The molecule has 1 atom stereocenters. The van der Waals surface area contributed by atoms with Gasteiger partial charge in [-0.15, -0.1) is 0 Å². The first-order valence-electron chi connectivity index (χ1n) is 9.96. The Kier molecular flexibility index (Phi) is 6.17. The number of aryl methyl sites for hydroxylation is 1. The Balaban J connectivity index is 1.43. The minimum atomic E-state index is -3.74. The van der Waals surface area contributed by atoms with E-state index in [1.807, 2.05) is 12.1 Å². The Hall–Kier alpha value is -3.01. The topological polar surface area (TPSA) is 111 Å². The van der Waals surface area contributed by atoms with E-state index in [0.29, 0.717) is 23.9 Å². The second-order valence-electron chi connectivity index (χ2n) is 7.30. The fraction of sp³-hybridized carbons (Fsp3) is 0.273. The molecular formula is C22H23N3O5S. The van der Waals surface area contributed by atoms with Crippen LogP contribution in [0.3, 0.4) is 0 Å². The quantitative estimate of drug-likeness (QED) is 0.582. The van der Waals surface area contributed by atoms with E-state index in [1.54, 1.807) is 37.5 Å². The van der Waals surface area contributed by atoms with Crippen LogP contribution in [-0.2, 0) is 14.8 Å². The van der Waals surface area contributed by atoms with Gasteiger partial charge in [0.1, 0.15) is 12.0 Å². The Morgan fingerprint density at radius 2 is 2.00 bits per heavy atom. The van der Waals surface area contributed by atoms with E-state index in [2.05, 4.69) is 15.0 Å². The molecule has 1 amide bonds. The Labute approximate surface area is 180 Å². The summed E-state index contributed by atoms with van der Waals surface area (Å²) in [6.45, 7) is 2.64. The average Bonchev–Trinajstić information content (AvgIpc) is 3.45. The second-order valence-corrected chi connectivity index (χ2v) is 9.06. The van der Waals surface area contributed by atoms with Crippen LogP contribution >= 0.6 is 0 Å². The van der Waals surface area contributed by atoms with Crippen molar-refractivity contribution < 1.29 is 22.4 Å². The molecule has 162 valence electrons. The molecule has 31 heavy (non-hydrogen) atoms. The molecule has 2 N–H and O–H groups in total. The summed E-state index contributed by atoms with van der Waals surface area (Å²) < 4.78 is 38.4. The first-order valence-corrected chi connectivity index (χ1v) is 11.4. The second kappa shape index (κ2) is 9.01. The van der Waals surface area contributed by atoms with E-state index >= 15 is 0 Å². The van der Waals surface area contributed by atoms with E-state index < -0.39 is 15.9 Å². The van der Waals surface area contributed by atoms with Crippen LogP contribution in [0.2, 0.25) is 0 Å². The number of hydrogen-bond acceptors (Lipinski definition) is 6. The van der Waals surface area contributed by atoms with Gasteiger partial charge in [-0.25, -0.2) is 18.1 Å². The third kappa shape index (κ3) is 5.19. The molecule has 1 aliphatic heterocycles. The van der Waals surface area contributed by atoms with Gasteiger partial charge in [-0.1, -0.05) is 18.2 Å². The van der Waals surface area contributed by atoms with Gasteiger partial charge in [0.05, 0.1) is 11.0 Å². The SMILES string of the molecule is Cc1nc(-c2ccc(NC(=O)c3cccc(S(=O)(=O)NC[C@H]4CCCO4)c3)cc2)co1. The van der Waals surface area contributed by atoms with Gasteiger partial charge < -0.3 is 14.5 Å². The number of carbonyl (C=O) groups excluding carboxylic acids is 1. The van der Waals surface area contributed by atoms with E-state index in [-0.39, 0.29) is 23.1 Å². The molecule has 0 bridgehead atoms. The molecule has 1 fully saturated rings. The van der Waals surface area contributed by atoms with Gasteiger partial charge in [-0.2, -0.15) is 0 Å². The van der Waals surface area contributed by atoms with E-state index in [4.69, 9.17) is 9.15 Å². The number of carbonyl (C=O) groups is 1. The maximum Gasteiger partial charge on any atom is 0.255 e. The highest BCUT2D eigenvalue weighted by molar-refractivity contribution is 7.89. The maximum atomic E-state index is 12.6. The average molecular weight is 442 g/mol. The minimum absolute atomic E-state index is 0.0369. The lowest BCUT2D eigenvalue weighted by Gasteiger charge is -2.12. The number of anilines is 1. The standard InChI is InChI=1S/C22H23N3O5S/c1-15-24-21(14-30-15)16-7-9-18(10-8-16)25-22(26)17-4-2-6-20(12-17)31(27,28)23-13-19-5-3-11-29-19/h2,4,6-10,12,14,19,23H,3,5,11,13H2,1H3,(H,25,26)/t19-/m1/s1. The lowest BCUT2D eigenvalue weighted by atomic mass is 10.1. The van der Waals surface area contributed by atoms with Crippen LogP contribution in [0.5, 0.6) is 0 Å². The molecule has 9 heteroatoms. The molecule has 1 aromatic heterocycles. The van der Waals surface area contributed by atoms with Gasteiger partial charge >= 0.3 is 0 Å². The fourth-order valence-corrected chi connectivity index (χ4v) is 4.43.